The van der Waals surface area contributed by atoms with Crippen LogP contribution in [0.25, 0.3) is 0 Å². The Morgan fingerprint density at radius 3 is 2.74 bits per heavy atom. The number of hydrogen-bond acceptors (Lipinski definition) is 3. The molecule has 5 nitrogen and oxygen atoms in total. The zero-order valence-corrected chi connectivity index (χ0v) is 12.0. The summed E-state index contributed by atoms with van der Waals surface area (Å²) in [6.07, 6.45) is 4.92. The first kappa shape index (κ1) is 14.6. The van der Waals surface area contributed by atoms with E-state index in [1.165, 1.54) is 0 Å². The van der Waals surface area contributed by atoms with Crippen molar-refractivity contribution >= 4 is 6.03 Å². The van der Waals surface area contributed by atoms with Crippen LogP contribution in [0.1, 0.15) is 39.0 Å². The molecule has 0 aromatic carbocycles. The third-order valence-corrected chi connectivity index (χ3v) is 4.14. The normalized spacial score (nSPS) is 25.9. The maximum atomic E-state index is 12.1. The number of aliphatic hydroxyl groups excluding tert-OH is 1. The van der Waals surface area contributed by atoms with Crippen LogP contribution in [-0.2, 0) is 4.74 Å². The molecule has 0 aromatic heterocycles. The maximum absolute atomic E-state index is 12.1. The molecule has 2 N–H and O–H groups in total. The molecule has 1 aliphatic heterocycles. The molecule has 0 bridgehead atoms. The summed E-state index contributed by atoms with van der Waals surface area (Å²) in [6.45, 7) is 3.28. The third kappa shape index (κ3) is 4.08. The zero-order chi connectivity index (χ0) is 13.8. The summed E-state index contributed by atoms with van der Waals surface area (Å²) in [4.78, 5) is 13.7. The highest BCUT2D eigenvalue weighted by molar-refractivity contribution is 5.74. The molecule has 0 spiro atoms. The fraction of sp³-hybridized carbons (Fsp3) is 0.929. The van der Waals surface area contributed by atoms with Gasteiger partial charge in [-0.25, -0.2) is 4.79 Å². The Labute approximate surface area is 115 Å². The Kier molecular flexibility index (Phi) is 5.05. The molecule has 110 valence electrons. The van der Waals surface area contributed by atoms with Gasteiger partial charge >= 0.3 is 6.03 Å². The van der Waals surface area contributed by atoms with Crippen LogP contribution in [0.3, 0.4) is 0 Å². The summed E-state index contributed by atoms with van der Waals surface area (Å²) in [5.41, 5.74) is 0. The van der Waals surface area contributed by atoms with E-state index in [0.29, 0.717) is 12.5 Å². The first-order chi connectivity index (χ1) is 9.11. The Balaban J connectivity index is 1.77. The molecule has 19 heavy (non-hydrogen) atoms. The van der Waals surface area contributed by atoms with Crippen molar-refractivity contribution in [3.63, 3.8) is 0 Å². The molecule has 2 amide bonds. The topological polar surface area (TPSA) is 61.8 Å². The molecule has 1 aliphatic carbocycles. The van der Waals surface area contributed by atoms with Crippen LogP contribution >= 0.6 is 0 Å². The second kappa shape index (κ2) is 6.57. The van der Waals surface area contributed by atoms with Gasteiger partial charge in [-0.15, -0.1) is 0 Å². The van der Waals surface area contributed by atoms with Crippen molar-refractivity contribution < 1.29 is 14.6 Å². The number of rotatable bonds is 6. The van der Waals surface area contributed by atoms with Gasteiger partial charge < -0.3 is 20.1 Å². The first-order valence-corrected chi connectivity index (χ1v) is 7.43. The number of hydrogen-bond donors (Lipinski definition) is 2. The number of amides is 2. The number of ether oxygens (including phenoxy) is 1. The molecule has 2 aliphatic rings. The van der Waals surface area contributed by atoms with Crippen molar-refractivity contribution in [2.45, 2.75) is 57.3 Å². The van der Waals surface area contributed by atoms with E-state index >= 15 is 0 Å². The average Bonchev–Trinajstić information content (AvgIpc) is 3.12. The fourth-order valence-electron chi connectivity index (χ4n) is 2.64. The van der Waals surface area contributed by atoms with Gasteiger partial charge in [0.05, 0.1) is 18.2 Å². The van der Waals surface area contributed by atoms with Gasteiger partial charge in [0.15, 0.2) is 0 Å². The monoisotopic (exact) mass is 270 g/mol. The predicted molar refractivity (Wildman–Crippen MR) is 72.9 cm³/mol. The summed E-state index contributed by atoms with van der Waals surface area (Å²) in [5, 5.41) is 12.9. The highest BCUT2D eigenvalue weighted by Crippen LogP contribution is 2.32. The van der Waals surface area contributed by atoms with E-state index in [1.807, 2.05) is 0 Å². The number of urea groups is 1. The largest absolute Gasteiger partial charge is 0.391 e. The lowest BCUT2D eigenvalue weighted by atomic mass is 10.1. The number of aliphatic hydroxyl groups is 1. The van der Waals surface area contributed by atoms with Crippen LogP contribution in [0.5, 0.6) is 0 Å². The van der Waals surface area contributed by atoms with Gasteiger partial charge in [0.1, 0.15) is 0 Å². The van der Waals surface area contributed by atoms with E-state index in [4.69, 9.17) is 4.74 Å². The van der Waals surface area contributed by atoms with Gasteiger partial charge in [0, 0.05) is 20.2 Å². The molecule has 1 heterocycles. The van der Waals surface area contributed by atoms with Gasteiger partial charge in [-0.3, -0.25) is 0 Å². The number of nitrogens with one attached hydrogen (secondary N) is 1. The van der Waals surface area contributed by atoms with Crippen LogP contribution in [0, 0.1) is 5.92 Å². The van der Waals surface area contributed by atoms with Gasteiger partial charge in [-0.05, 0) is 38.0 Å². The summed E-state index contributed by atoms with van der Waals surface area (Å²) in [5.74, 6) is 0.399. The number of carbonyl (C=O) groups is 1. The van der Waals surface area contributed by atoms with Gasteiger partial charge in [0.2, 0.25) is 0 Å². The molecule has 2 rings (SSSR count). The van der Waals surface area contributed by atoms with E-state index in [9.17, 15) is 9.90 Å². The van der Waals surface area contributed by atoms with Gasteiger partial charge in [-0.2, -0.15) is 0 Å². The molecule has 1 saturated carbocycles. The summed E-state index contributed by atoms with van der Waals surface area (Å²) in [7, 11) is 1.74. The molecule has 2 fully saturated rings. The Bertz CT molecular complexity index is 301. The second-order valence-corrected chi connectivity index (χ2v) is 5.80. The van der Waals surface area contributed by atoms with Crippen molar-refractivity contribution in [1.82, 2.24) is 10.2 Å². The number of carbonyl (C=O) groups excluding carboxylic acids is 1. The first-order valence-electron chi connectivity index (χ1n) is 7.43. The third-order valence-electron chi connectivity index (χ3n) is 4.14. The summed E-state index contributed by atoms with van der Waals surface area (Å²) >= 11 is 0. The van der Waals surface area contributed by atoms with E-state index < -0.39 is 0 Å². The minimum atomic E-state index is -0.376. The Morgan fingerprint density at radius 1 is 1.47 bits per heavy atom. The van der Waals surface area contributed by atoms with Crippen molar-refractivity contribution in [1.29, 1.82) is 0 Å². The van der Waals surface area contributed by atoms with E-state index in [1.54, 1.807) is 11.9 Å². The minimum absolute atomic E-state index is 0.0792. The average molecular weight is 270 g/mol. The van der Waals surface area contributed by atoms with Crippen LogP contribution in [-0.4, -0.2) is 54.5 Å². The molecular weight excluding hydrogens is 244 g/mol. The Hall–Kier alpha value is -0.810. The van der Waals surface area contributed by atoms with Crippen LogP contribution in [0.15, 0.2) is 0 Å². The van der Waals surface area contributed by atoms with E-state index in [2.05, 4.69) is 12.2 Å². The predicted octanol–water partition coefficient (Wildman–Crippen LogP) is 1.36. The van der Waals surface area contributed by atoms with Crippen LogP contribution < -0.4 is 5.32 Å². The lowest BCUT2D eigenvalue weighted by molar-refractivity contribution is 0.0742. The van der Waals surface area contributed by atoms with E-state index in [0.717, 1.165) is 38.7 Å². The van der Waals surface area contributed by atoms with Gasteiger partial charge in [0.25, 0.3) is 0 Å². The second-order valence-electron chi connectivity index (χ2n) is 5.80. The van der Waals surface area contributed by atoms with Crippen molar-refractivity contribution in [2.75, 3.05) is 20.2 Å². The standard InChI is InChI=1S/C14H26N2O3/c1-3-11(13-5-4-8-19-13)15-14(18)16(2)9-12(17)10-6-7-10/h10-13,17H,3-9H2,1-2H3,(H,15,18). The van der Waals surface area contributed by atoms with Crippen LogP contribution in [0.4, 0.5) is 4.79 Å². The Morgan fingerprint density at radius 2 is 2.21 bits per heavy atom. The van der Waals surface area contributed by atoms with Crippen LogP contribution in [0.2, 0.25) is 0 Å². The molecule has 0 aromatic rings. The lowest BCUT2D eigenvalue weighted by Gasteiger charge is -2.27. The highest BCUT2D eigenvalue weighted by atomic mass is 16.5. The minimum Gasteiger partial charge on any atom is -0.391 e. The number of nitrogens with zero attached hydrogens (tertiary/aromatic N) is 1. The fourth-order valence-corrected chi connectivity index (χ4v) is 2.64. The molecule has 5 heteroatoms. The maximum Gasteiger partial charge on any atom is 0.317 e. The molecule has 0 radical (unpaired) electrons. The van der Waals surface area contributed by atoms with Crippen molar-refractivity contribution in [3.05, 3.63) is 0 Å². The van der Waals surface area contributed by atoms with Crippen molar-refractivity contribution in [3.8, 4) is 0 Å². The highest BCUT2D eigenvalue weighted by Gasteiger charge is 2.32. The smallest absolute Gasteiger partial charge is 0.317 e. The molecule has 3 atom stereocenters. The summed E-state index contributed by atoms with van der Waals surface area (Å²) in [6, 6.07) is -0.0300. The molecule has 3 unspecified atom stereocenters. The SMILES string of the molecule is CCC(NC(=O)N(C)CC(O)C1CC1)C1CCCO1. The number of likely N-dealkylation sites (N-methyl/N-ethyl adjacent to an activating group) is 1. The summed E-state index contributed by atoms with van der Waals surface area (Å²) < 4.78 is 5.63. The van der Waals surface area contributed by atoms with Gasteiger partial charge in [-0.1, -0.05) is 6.92 Å². The van der Waals surface area contributed by atoms with E-state index in [-0.39, 0.29) is 24.3 Å². The molecule has 1 saturated heterocycles. The zero-order valence-electron chi connectivity index (χ0n) is 12.0. The lowest BCUT2D eigenvalue weighted by Crippen LogP contribution is -2.49. The molecular formula is C14H26N2O3. The quantitative estimate of drug-likeness (QED) is 0.766. The van der Waals surface area contributed by atoms with Crippen molar-refractivity contribution in [2.24, 2.45) is 5.92 Å².